The summed E-state index contributed by atoms with van der Waals surface area (Å²) in [6, 6.07) is 0.572. The maximum Gasteiger partial charge on any atom is 0.255 e. The zero-order valence-corrected chi connectivity index (χ0v) is 22.3. The van der Waals surface area contributed by atoms with Gasteiger partial charge in [0.2, 0.25) is 5.91 Å². The highest BCUT2D eigenvalue weighted by Crippen LogP contribution is 2.34. The van der Waals surface area contributed by atoms with Gasteiger partial charge in [-0.3, -0.25) is 9.59 Å². The molecule has 0 saturated carbocycles. The second-order valence-corrected chi connectivity index (χ2v) is 9.25. The Morgan fingerprint density at radius 2 is 2.15 bits per heavy atom. The standard InChI is InChI=1S/C27H31F2N7O4/c1-4-22(38)35-14-17(12-16(35)8-11-40-3)36-27(31-9-10-37)23(26(30)39)20(33-36)7-6-18-19(28)13-21-25(24(18)29)32-15-34(21)5-2/h4,13,15-17,31,37H,1,5,8-12,14H2,2-3H3,(H2,30,39)/t16-,17-/m0/s1. The number of anilines is 1. The molecule has 11 nitrogen and oxygen atoms in total. The third kappa shape index (κ3) is 5.41. The molecule has 4 N–H and O–H groups in total. The molecule has 4 rings (SSSR count). The van der Waals surface area contributed by atoms with Crippen molar-refractivity contribution < 1.29 is 28.2 Å². The molecule has 3 aromatic rings. The summed E-state index contributed by atoms with van der Waals surface area (Å²) in [5, 5.41) is 16.9. The van der Waals surface area contributed by atoms with Crippen molar-refractivity contribution >= 4 is 28.7 Å². The summed E-state index contributed by atoms with van der Waals surface area (Å²) in [4.78, 5) is 30.8. The molecule has 1 aliphatic heterocycles. The van der Waals surface area contributed by atoms with Crippen LogP contribution in [0.1, 0.15) is 47.4 Å². The highest BCUT2D eigenvalue weighted by molar-refractivity contribution is 6.00. The molecule has 1 aromatic carbocycles. The lowest BCUT2D eigenvalue weighted by Gasteiger charge is -2.22. The van der Waals surface area contributed by atoms with Crippen molar-refractivity contribution in [2.75, 3.05) is 38.7 Å². The third-order valence-corrected chi connectivity index (χ3v) is 6.87. The summed E-state index contributed by atoms with van der Waals surface area (Å²) in [7, 11) is 1.57. The summed E-state index contributed by atoms with van der Waals surface area (Å²) in [5.41, 5.74) is 5.24. The lowest BCUT2D eigenvalue weighted by atomic mass is 10.1. The number of imidazole rings is 1. The van der Waals surface area contributed by atoms with Crippen LogP contribution in [0.4, 0.5) is 14.6 Å². The van der Waals surface area contributed by atoms with Crippen LogP contribution in [0.2, 0.25) is 0 Å². The van der Waals surface area contributed by atoms with Crippen LogP contribution in [0, 0.1) is 23.5 Å². The van der Waals surface area contributed by atoms with Gasteiger partial charge in [0.15, 0.2) is 11.5 Å². The number of aryl methyl sites for hydroxylation is 1. The van der Waals surface area contributed by atoms with Crippen molar-refractivity contribution in [3.05, 3.63) is 53.5 Å². The Hall–Kier alpha value is -4.28. The number of hydrogen-bond donors (Lipinski definition) is 3. The number of amides is 2. The van der Waals surface area contributed by atoms with E-state index in [0.717, 1.165) is 6.07 Å². The van der Waals surface area contributed by atoms with Crippen molar-refractivity contribution in [1.29, 1.82) is 0 Å². The van der Waals surface area contributed by atoms with Crippen LogP contribution in [0.5, 0.6) is 0 Å². The zero-order chi connectivity index (χ0) is 29.0. The van der Waals surface area contributed by atoms with E-state index in [1.54, 1.807) is 16.6 Å². The molecule has 0 bridgehead atoms. The molecule has 0 spiro atoms. The van der Waals surface area contributed by atoms with Crippen LogP contribution in [-0.2, 0) is 16.1 Å². The number of benzene rings is 1. The largest absolute Gasteiger partial charge is 0.395 e. The quantitative estimate of drug-likeness (QED) is 0.256. The molecule has 13 heteroatoms. The number of nitrogens with two attached hydrogens (primary N) is 1. The zero-order valence-electron chi connectivity index (χ0n) is 22.3. The number of carbonyl (C=O) groups excluding carboxylic acids is 2. The highest BCUT2D eigenvalue weighted by atomic mass is 19.1. The SMILES string of the molecule is C=CC(=O)N1C[C@@H](n2nc(C#Cc3c(F)cc4c(ncn4CC)c3F)c(C(N)=O)c2NCCO)C[C@@H]1CCOC. The highest BCUT2D eigenvalue weighted by Gasteiger charge is 2.37. The Kier molecular flexibility index (Phi) is 8.81. The van der Waals surface area contributed by atoms with E-state index >= 15 is 4.39 Å². The molecule has 3 heterocycles. The molecular formula is C27H31F2N7O4. The van der Waals surface area contributed by atoms with E-state index in [9.17, 15) is 19.1 Å². The number of carbonyl (C=O) groups is 2. The van der Waals surface area contributed by atoms with Crippen molar-refractivity contribution in [1.82, 2.24) is 24.2 Å². The number of methoxy groups -OCH3 is 1. The summed E-state index contributed by atoms with van der Waals surface area (Å²) in [5.74, 6) is 2.32. The maximum absolute atomic E-state index is 15.2. The van der Waals surface area contributed by atoms with Crippen molar-refractivity contribution in [2.24, 2.45) is 5.73 Å². The first-order chi connectivity index (χ1) is 19.2. The summed E-state index contributed by atoms with van der Waals surface area (Å²) >= 11 is 0. The number of ether oxygens (including phenoxy) is 1. The number of likely N-dealkylation sites (tertiary alicyclic amines) is 1. The average Bonchev–Trinajstić information content (AvgIpc) is 3.65. The van der Waals surface area contributed by atoms with Crippen LogP contribution >= 0.6 is 0 Å². The van der Waals surface area contributed by atoms with Gasteiger partial charge in [0.1, 0.15) is 22.7 Å². The fourth-order valence-electron chi connectivity index (χ4n) is 4.96. The predicted octanol–water partition coefficient (Wildman–Crippen LogP) is 1.80. The minimum Gasteiger partial charge on any atom is -0.395 e. The van der Waals surface area contributed by atoms with Gasteiger partial charge in [0, 0.05) is 45.5 Å². The molecule has 1 saturated heterocycles. The fraction of sp³-hybridized carbons (Fsp3) is 0.407. The number of aromatic nitrogens is 4. The van der Waals surface area contributed by atoms with E-state index in [4.69, 9.17) is 10.5 Å². The molecule has 0 unspecified atom stereocenters. The van der Waals surface area contributed by atoms with Gasteiger partial charge < -0.3 is 30.4 Å². The average molecular weight is 556 g/mol. The number of fused-ring (bicyclic) bond motifs is 1. The van der Waals surface area contributed by atoms with E-state index < -0.39 is 29.1 Å². The van der Waals surface area contributed by atoms with Gasteiger partial charge >= 0.3 is 0 Å². The number of nitrogens with zero attached hydrogens (tertiary/aromatic N) is 5. The van der Waals surface area contributed by atoms with Gasteiger partial charge in [-0.25, -0.2) is 18.4 Å². The predicted molar refractivity (Wildman–Crippen MR) is 143 cm³/mol. The lowest BCUT2D eigenvalue weighted by molar-refractivity contribution is -0.127. The Bertz CT molecular complexity index is 1500. The molecule has 2 aromatic heterocycles. The molecule has 212 valence electrons. The number of aliphatic hydroxyl groups excluding tert-OH is 1. The molecule has 2 atom stereocenters. The van der Waals surface area contributed by atoms with Gasteiger partial charge in [0.25, 0.3) is 5.91 Å². The summed E-state index contributed by atoms with van der Waals surface area (Å²) in [6.45, 7) is 6.36. The molecule has 40 heavy (non-hydrogen) atoms. The van der Waals surface area contributed by atoms with Gasteiger partial charge in [-0.05, 0) is 31.8 Å². The molecule has 1 aliphatic rings. The van der Waals surface area contributed by atoms with E-state index in [0.29, 0.717) is 31.5 Å². The first-order valence-electron chi connectivity index (χ1n) is 12.8. The Balaban J connectivity index is 1.80. The second kappa shape index (κ2) is 12.3. The minimum atomic E-state index is -0.927. The minimum absolute atomic E-state index is 0.0291. The third-order valence-electron chi connectivity index (χ3n) is 6.87. The van der Waals surface area contributed by atoms with Gasteiger partial charge in [-0.15, -0.1) is 0 Å². The first kappa shape index (κ1) is 28.7. The van der Waals surface area contributed by atoms with Crippen LogP contribution in [0.3, 0.4) is 0 Å². The Labute approximate surface area is 229 Å². The van der Waals surface area contributed by atoms with Crippen LogP contribution in [-0.4, -0.2) is 80.6 Å². The Morgan fingerprint density at radius 1 is 1.38 bits per heavy atom. The number of rotatable bonds is 10. The molecule has 0 radical (unpaired) electrons. The number of halogens is 2. The smallest absolute Gasteiger partial charge is 0.255 e. The second-order valence-electron chi connectivity index (χ2n) is 9.25. The molecular weight excluding hydrogens is 524 g/mol. The number of primary amides is 1. The molecule has 0 aliphatic carbocycles. The molecule has 1 fully saturated rings. The van der Waals surface area contributed by atoms with E-state index in [1.807, 2.05) is 6.92 Å². The summed E-state index contributed by atoms with van der Waals surface area (Å²) in [6.07, 6.45) is 3.69. The van der Waals surface area contributed by atoms with Gasteiger partial charge in [-0.1, -0.05) is 12.5 Å². The van der Waals surface area contributed by atoms with Gasteiger partial charge in [0.05, 0.1) is 30.1 Å². The fourth-order valence-corrected chi connectivity index (χ4v) is 4.96. The molecule has 2 amide bonds. The van der Waals surface area contributed by atoms with Crippen LogP contribution in [0.15, 0.2) is 25.0 Å². The number of hydrogen-bond acceptors (Lipinski definition) is 7. The monoisotopic (exact) mass is 555 g/mol. The number of aliphatic hydroxyl groups is 1. The van der Waals surface area contributed by atoms with Crippen LogP contribution in [0.25, 0.3) is 11.0 Å². The topological polar surface area (TPSA) is 141 Å². The lowest BCUT2D eigenvalue weighted by Crippen LogP contribution is -2.35. The van der Waals surface area contributed by atoms with Gasteiger partial charge in [-0.2, -0.15) is 5.10 Å². The van der Waals surface area contributed by atoms with E-state index in [2.05, 4.69) is 33.8 Å². The maximum atomic E-state index is 15.2. The number of nitrogens with one attached hydrogen (secondary N) is 1. The van der Waals surface area contributed by atoms with Crippen LogP contribution < -0.4 is 11.1 Å². The van der Waals surface area contributed by atoms with Crippen molar-refractivity contribution in [3.63, 3.8) is 0 Å². The normalized spacial score (nSPS) is 16.7. The van der Waals surface area contributed by atoms with E-state index in [1.165, 1.54) is 17.1 Å². The van der Waals surface area contributed by atoms with Crippen molar-refractivity contribution in [2.45, 2.75) is 38.4 Å². The van der Waals surface area contributed by atoms with Crippen molar-refractivity contribution in [3.8, 4) is 11.8 Å². The summed E-state index contributed by atoms with van der Waals surface area (Å²) < 4.78 is 38.4. The Morgan fingerprint density at radius 3 is 2.80 bits per heavy atom. The first-order valence-corrected chi connectivity index (χ1v) is 12.8. The van der Waals surface area contributed by atoms with E-state index in [-0.39, 0.29) is 54.2 Å².